The Morgan fingerprint density at radius 2 is 1.05 bits per heavy atom. The van der Waals surface area contributed by atoms with Gasteiger partial charge in [-0.3, -0.25) is 4.79 Å². The number of benzene rings is 2. The van der Waals surface area contributed by atoms with Crippen molar-refractivity contribution in [2.75, 3.05) is 0 Å². The predicted molar refractivity (Wildman–Crippen MR) is 79.1 cm³/mol. The molecule has 0 fully saturated rings. The molecule has 2 aromatic carbocycles. The molecule has 2 N–H and O–H groups in total. The number of carbonyl (C=O) groups is 1. The summed E-state index contributed by atoms with van der Waals surface area (Å²) in [4.78, 5) is 11.8. The third-order valence-electron chi connectivity index (χ3n) is 2.67. The van der Waals surface area contributed by atoms with Crippen LogP contribution in [0.5, 0.6) is 0 Å². The summed E-state index contributed by atoms with van der Waals surface area (Å²) in [5.41, 5.74) is 1.37. The zero-order valence-electron chi connectivity index (χ0n) is 10.7. The van der Waals surface area contributed by atoms with Gasteiger partial charge in [0, 0.05) is 0 Å². The van der Waals surface area contributed by atoms with Crippen molar-refractivity contribution in [3.8, 4) is 0 Å². The van der Waals surface area contributed by atoms with Crippen LogP contribution in [0.15, 0.2) is 72.2 Å². The van der Waals surface area contributed by atoms with Crippen LogP contribution in [0.2, 0.25) is 0 Å². The molecule has 0 saturated heterocycles. The van der Waals surface area contributed by atoms with Crippen LogP contribution in [0.25, 0.3) is 12.2 Å². The molecule has 0 spiro atoms. The highest BCUT2D eigenvalue weighted by Gasteiger charge is 2.13. The average Bonchev–Trinajstić information content (AvgIpc) is 2.48. The third kappa shape index (κ3) is 3.59. The Morgan fingerprint density at radius 3 is 1.40 bits per heavy atom. The van der Waals surface area contributed by atoms with Crippen LogP contribution >= 0.6 is 0 Å². The van der Waals surface area contributed by atoms with Gasteiger partial charge in [0.25, 0.3) is 5.78 Å². The first-order valence-electron chi connectivity index (χ1n) is 6.13. The molecule has 100 valence electrons. The summed E-state index contributed by atoms with van der Waals surface area (Å²) in [6, 6.07) is 17.9. The van der Waals surface area contributed by atoms with Crippen molar-refractivity contribution in [2.24, 2.45) is 0 Å². The largest absolute Gasteiger partial charge is 0.504 e. The number of hydrogen-bond acceptors (Lipinski definition) is 3. The quantitative estimate of drug-likeness (QED) is 0.654. The molecule has 0 atom stereocenters. The Bertz CT molecular complexity index is 583. The van der Waals surface area contributed by atoms with Crippen molar-refractivity contribution in [1.29, 1.82) is 0 Å². The van der Waals surface area contributed by atoms with Gasteiger partial charge in [-0.2, -0.15) is 0 Å². The van der Waals surface area contributed by atoms with Crippen LogP contribution in [0.1, 0.15) is 11.1 Å². The first-order valence-corrected chi connectivity index (χ1v) is 6.13. The molecule has 0 heterocycles. The van der Waals surface area contributed by atoms with Gasteiger partial charge in [-0.1, -0.05) is 60.7 Å². The minimum absolute atomic E-state index is 0.499. The van der Waals surface area contributed by atoms with Gasteiger partial charge in [-0.15, -0.1) is 0 Å². The van der Waals surface area contributed by atoms with E-state index < -0.39 is 17.3 Å². The van der Waals surface area contributed by atoms with E-state index in [2.05, 4.69) is 0 Å². The van der Waals surface area contributed by atoms with Gasteiger partial charge in [0.15, 0.2) is 11.5 Å². The maximum Gasteiger partial charge on any atom is 0.261 e. The minimum Gasteiger partial charge on any atom is -0.504 e. The predicted octanol–water partition coefficient (Wildman–Crippen LogP) is 3.75. The number of aliphatic hydroxyl groups excluding tert-OH is 2. The maximum absolute atomic E-state index is 11.8. The fraction of sp³-hybridized carbons (Fsp3) is 0. The van der Waals surface area contributed by atoms with Gasteiger partial charge in [0.2, 0.25) is 0 Å². The normalized spacial score (nSPS) is 12.2. The molecule has 2 rings (SSSR count). The van der Waals surface area contributed by atoms with Crippen molar-refractivity contribution >= 4 is 17.9 Å². The Morgan fingerprint density at radius 1 is 0.700 bits per heavy atom. The molecule has 2 aromatic rings. The third-order valence-corrected chi connectivity index (χ3v) is 2.67. The van der Waals surface area contributed by atoms with Crippen LogP contribution in [-0.2, 0) is 4.79 Å². The summed E-state index contributed by atoms with van der Waals surface area (Å²) in [6.07, 6.45) is 2.63. The van der Waals surface area contributed by atoms with Gasteiger partial charge in [-0.25, -0.2) is 0 Å². The molecule has 3 heteroatoms. The molecular formula is C17H14O3. The van der Waals surface area contributed by atoms with E-state index in [1.165, 1.54) is 12.2 Å². The van der Waals surface area contributed by atoms with Crippen molar-refractivity contribution in [2.45, 2.75) is 0 Å². The van der Waals surface area contributed by atoms with Crippen LogP contribution in [0.4, 0.5) is 0 Å². The van der Waals surface area contributed by atoms with E-state index in [0.717, 1.165) is 0 Å². The van der Waals surface area contributed by atoms with Crippen LogP contribution in [0.3, 0.4) is 0 Å². The SMILES string of the molecule is O=C(C(O)=Cc1ccccc1)C(O)=Cc1ccccc1. The zero-order valence-corrected chi connectivity index (χ0v) is 10.7. The number of carbonyl (C=O) groups excluding carboxylic acids is 1. The van der Waals surface area contributed by atoms with E-state index >= 15 is 0 Å². The smallest absolute Gasteiger partial charge is 0.261 e. The Labute approximate surface area is 117 Å². The second-order valence-electron chi connectivity index (χ2n) is 4.21. The van der Waals surface area contributed by atoms with E-state index in [9.17, 15) is 15.0 Å². The molecule has 0 aliphatic carbocycles. The lowest BCUT2D eigenvalue weighted by Crippen LogP contribution is -2.05. The number of hydrogen-bond donors (Lipinski definition) is 2. The van der Waals surface area contributed by atoms with E-state index in [0.29, 0.717) is 11.1 Å². The van der Waals surface area contributed by atoms with E-state index in [1.54, 1.807) is 48.5 Å². The molecule has 0 aliphatic heterocycles. The van der Waals surface area contributed by atoms with Gasteiger partial charge >= 0.3 is 0 Å². The fourth-order valence-electron chi connectivity index (χ4n) is 1.68. The van der Waals surface area contributed by atoms with Crippen LogP contribution < -0.4 is 0 Å². The van der Waals surface area contributed by atoms with E-state index in [4.69, 9.17) is 0 Å². The van der Waals surface area contributed by atoms with Gasteiger partial charge in [0.05, 0.1) is 0 Å². The Hall–Kier alpha value is -2.81. The molecule has 0 aromatic heterocycles. The molecule has 0 bridgehead atoms. The highest BCUT2D eigenvalue weighted by molar-refractivity contribution is 6.09. The molecule has 0 saturated carbocycles. The lowest BCUT2D eigenvalue weighted by atomic mass is 10.1. The second kappa shape index (κ2) is 6.38. The number of ketones is 1. The summed E-state index contributed by atoms with van der Waals surface area (Å²) in [6.45, 7) is 0. The molecule has 0 amide bonds. The zero-order chi connectivity index (χ0) is 14.4. The van der Waals surface area contributed by atoms with Crippen molar-refractivity contribution in [3.05, 3.63) is 83.3 Å². The topological polar surface area (TPSA) is 57.5 Å². The van der Waals surface area contributed by atoms with Crippen molar-refractivity contribution in [1.82, 2.24) is 0 Å². The summed E-state index contributed by atoms with van der Waals surface area (Å²) < 4.78 is 0. The first-order chi connectivity index (χ1) is 9.66. The summed E-state index contributed by atoms with van der Waals surface area (Å²) in [5, 5.41) is 19.5. The van der Waals surface area contributed by atoms with E-state index in [-0.39, 0.29) is 0 Å². The summed E-state index contributed by atoms with van der Waals surface area (Å²) in [5.74, 6) is -1.81. The fourth-order valence-corrected chi connectivity index (χ4v) is 1.68. The van der Waals surface area contributed by atoms with Gasteiger partial charge < -0.3 is 10.2 Å². The molecule has 20 heavy (non-hydrogen) atoms. The standard InChI is InChI=1S/C17H14O3/c18-15(11-13-7-3-1-4-8-13)17(20)16(19)12-14-9-5-2-6-10-14/h1-12,18-19H. The highest BCUT2D eigenvalue weighted by Crippen LogP contribution is 2.11. The van der Waals surface area contributed by atoms with Gasteiger partial charge in [-0.05, 0) is 23.3 Å². The molecule has 0 unspecified atom stereocenters. The number of aliphatic hydroxyl groups is 2. The minimum atomic E-state index is -0.808. The number of rotatable bonds is 4. The maximum atomic E-state index is 11.8. The molecule has 3 nitrogen and oxygen atoms in total. The first kappa shape index (κ1) is 13.6. The van der Waals surface area contributed by atoms with Gasteiger partial charge in [0.1, 0.15) is 0 Å². The van der Waals surface area contributed by atoms with E-state index in [1.807, 2.05) is 12.1 Å². The Balaban J connectivity index is 2.19. The lowest BCUT2D eigenvalue weighted by Gasteiger charge is -2.00. The van der Waals surface area contributed by atoms with Crippen LogP contribution in [-0.4, -0.2) is 16.0 Å². The number of Topliss-reactive ketones (excluding diaryl/α,β-unsaturated/α-hetero) is 1. The van der Waals surface area contributed by atoms with Crippen LogP contribution in [0, 0.1) is 0 Å². The van der Waals surface area contributed by atoms with Crippen molar-refractivity contribution in [3.63, 3.8) is 0 Å². The average molecular weight is 266 g/mol. The highest BCUT2D eigenvalue weighted by atomic mass is 16.3. The second-order valence-corrected chi connectivity index (χ2v) is 4.21. The summed E-state index contributed by atoms with van der Waals surface area (Å²) >= 11 is 0. The summed E-state index contributed by atoms with van der Waals surface area (Å²) in [7, 11) is 0. The lowest BCUT2D eigenvalue weighted by molar-refractivity contribution is -0.116. The Kier molecular flexibility index (Phi) is 4.35. The molecule has 0 radical (unpaired) electrons. The van der Waals surface area contributed by atoms with Crippen molar-refractivity contribution < 1.29 is 15.0 Å². The monoisotopic (exact) mass is 266 g/mol. The molecule has 0 aliphatic rings. The molecular weight excluding hydrogens is 252 g/mol.